The second-order valence-electron chi connectivity index (χ2n) is 10.7. The van der Waals surface area contributed by atoms with Crippen LogP contribution in [0.2, 0.25) is 0 Å². The van der Waals surface area contributed by atoms with E-state index >= 15 is 0 Å². The van der Waals surface area contributed by atoms with Crippen molar-refractivity contribution in [2.75, 3.05) is 6.54 Å². The minimum atomic E-state index is -1.14. The summed E-state index contributed by atoms with van der Waals surface area (Å²) in [4.78, 5) is 41.9. The highest BCUT2D eigenvalue weighted by molar-refractivity contribution is 6.00. The number of carbonyl (C=O) groups excluding carboxylic acids is 3. The molecule has 4 aliphatic rings. The molecule has 4 rings (SSSR count). The van der Waals surface area contributed by atoms with E-state index in [2.05, 4.69) is 17.2 Å². The Labute approximate surface area is 184 Å². The summed E-state index contributed by atoms with van der Waals surface area (Å²) in [5, 5.41) is 6.19. The number of hydrogen-bond acceptors (Lipinski definition) is 4. The summed E-state index contributed by atoms with van der Waals surface area (Å²) in [7, 11) is 0. The van der Waals surface area contributed by atoms with E-state index in [0.717, 1.165) is 25.7 Å². The lowest BCUT2D eigenvalue weighted by Crippen LogP contribution is -2.58. The van der Waals surface area contributed by atoms with Crippen LogP contribution in [0, 0.1) is 11.8 Å². The van der Waals surface area contributed by atoms with Crippen molar-refractivity contribution in [2.45, 2.75) is 88.6 Å². The van der Waals surface area contributed by atoms with Crippen molar-refractivity contribution in [2.24, 2.45) is 11.8 Å². The lowest BCUT2D eigenvalue weighted by Gasteiger charge is -2.34. The first-order valence-corrected chi connectivity index (χ1v) is 11.5. The Bertz CT molecular complexity index is 825. The Morgan fingerprint density at radius 3 is 2.52 bits per heavy atom. The third kappa shape index (κ3) is 3.51. The van der Waals surface area contributed by atoms with E-state index in [4.69, 9.17) is 4.74 Å². The van der Waals surface area contributed by atoms with Gasteiger partial charge in [-0.1, -0.05) is 37.5 Å². The van der Waals surface area contributed by atoms with E-state index < -0.39 is 34.6 Å². The number of likely N-dealkylation sites (tertiary alicyclic amines) is 1. The molecule has 1 saturated carbocycles. The van der Waals surface area contributed by atoms with Crippen molar-refractivity contribution in [3.8, 4) is 0 Å². The topological polar surface area (TPSA) is 87.7 Å². The summed E-state index contributed by atoms with van der Waals surface area (Å²) in [6.45, 7) is 11.5. The Kier molecular flexibility index (Phi) is 5.31. The van der Waals surface area contributed by atoms with E-state index in [1.807, 2.05) is 39.8 Å². The highest BCUT2D eigenvalue weighted by atomic mass is 16.5. The van der Waals surface area contributed by atoms with Gasteiger partial charge in [0.05, 0.1) is 17.4 Å². The lowest BCUT2D eigenvalue weighted by molar-refractivity contribution is -0.145. The van der Waals surface area contributed by atoms with Crippen LogP contribution in [0.3, 0.4) is 0 Å². The average Bonchev–Trinajstić information content (AvgIpc) is 3.23. The number of hydrogen-bond donors (Lipinski definition) is 2. The maximum absolute atomic E-state index is 13.6. The predicted octanol–water partition coefficient (Wildman–Crippen LogP) is 2.08. The molecule has 31 heavy (non-hydrogen) atoms. The van der Waals surface area contributed by atoms with Gasteiger partial charge < -0.3 is 20.3 Å². The Morgan fingerprint density at radius 2 is 1.90 bits per heavy atom. The highest BCUT2D eigenvalue weighted by Gasteiger charge is 2.76. The molecule has 1 aliphatic carbocycles. The fraction of sp³-hybridized carbons (Fsp3) is 0.708. The van der Waals surface area contributed by atoms with Gasteiger partial charge in [0.2, 0.25) is 17.7 Å². The van der Waals surface area contributed by atoms with Gasteiger partial charge in [0, 0.05) is 18.1 Å². The summed E-state index contributed by atoms with van der Waals surface area (Å²) in [6.07, 6.45) is 10.7. The molecule has 7 nitrogen and oxygen atoms in total. The van der Waals surface area contributed by atoms with Crippen molar-refractivity contribution in [3.05, 3.63) is 24.8 Å². The fourth-order valence-electron chi connectivity index (χ4n) is 5.94. The SMILES string of the molecule is C=CCN1C(=O)[C@@H]2[C@H](C(=O)NC3CCCCC3)[C@@]3(C)C=C[C@]2(O3)[C@H]1C(=O)NC(C)(C)C. The molecule has 3 fully saturated rings. The number of rotatable bonds is 5. The molecular weight excluding hydrogens is 394 g/mol. The molecule has 2 bridgehead atoms. The zero-order chi connectivity index (χ0) is 22.6. The largest absolute Gasteiger partial charge is 0.356 e. The number of amides is 3. The van der Waals surface area contributed by atoms with E-state index in [1.165, 1.54) is 11.3 Å². The second-order valence-corrected chi connectivity index (χ2v) is 10.7. The van der Waals surface area contributed by atoms with Gasteiger partial charge in [-0.15, -0.1) is 6.58 Å². The molecule has 0 radical (unpaired) electrons. The molecular formula is C24H35N3O4. The maximum Gasteiger partial charge on any atom is 0.246 e. The van der Waals surface area contributed by atoms with Gasteiger partial charge in [-0.25, -0.2) is 0 Å². The second kappa shape index (κ2) is 7.47. The molecule has 5 atom stereocenters. The standard InChI is InChI=1S/C24H35N3O4/c1-6-14-27-18(20(29)26-22(2,3)4)24-13-12-23(5,31-24)16(17(24)21(27)30)19(28)25-15-10-8-7-9-11-15/h6,12-13,15-18H,1,7-11,14H2,2-5H3,(H,25,28)(H,26,29)/t16-,17+,18-,23-,24-/m1/s1. The van der Waals surface area contributed by atoms with Crippen LogP contribution in [0.25, 0.3) is 0 Å². The number of fused-ring (bicyclic) bond motifs is 1. The van der Waals surface area contributed by atoms with E-state index in [1.54, 1.807) is 6.08 Å². The monoisotopic (exact) mass is 429 g/mol. The van der Waals surface area contributed by atoms with Crippen LogP contribution in [-0.4, -0.2) is 58.0 Å². The van der Waals surface area contributed by atoms with Gasteiger partial charge in [-0.05, 0) is 40.5 Å². The van der Waals surface area contributed by atoms with E-state index in [0.29, 0.717) is 0 Å². The first-order valence-electron chi connectivity index (χ1n) is 11.5. The summed E-state index contributed by atoms with van der Waals surface area (Å²) >= 11 is 0. The van der Waals surface area contributed by atoms with Crippen molar-refractivity contribution < 1.29 is 19.1 Å². The molecule has 2 saturated heterocycles. The fourth-order valence-corrected chi connectivity index (χ4v) is 5.94. The quantitative estimate of drug-likeness (QED) is 0.655. The summed E-state index contributed by atoms with van der Waals surface area (Å²) in [6, 6.07) is -0.697. The minimum Gasteiger partial charge on any atom is -0.356 e. The van der Waals surface area contributed by atoms with Crippen LogP contribution in [0.1, 0.15) is 59.8 Å². The highest BCUT2D eigenvalue weighted by Crippen LogP contribution is 2.59. The average molecular weight is 430 g/mol. The van der Waals surface area contributed by atoms with Crippen LogP contribution in [0.5, 0.6) is 0 Å². The first kappa shape index (κ1) is 22.1. The van der Waals surface area contributed by atoms with E-state index in [9.17, 15) is 14.4 Å². The van der Waals surface area contributed by atoms with Crippen LogP contribution in [-0.2, 0) is 19.1 Å². The molecule has 0 unspecified atom stereocenters. The van der Waals surface area contributed by atoms with Gasteiger partial charge in [-0.2, -0.15) is 0 Å². The summed E-state index contributed by atoms with van der Waals surface area (Å²) < 4.78 is 6.46. The number of nitrogens with one attached hydrogen (secondary N) is 2. The molecule has 7 heteroatoms. The molecule has 0 aromatic carbocycles. The smallest absolute Gasteiger partial charge is 0.246 e. The van der Waals surface area contributed by atoms with Crippen molar-refractivity contribution in [1.82, 2.24) is 15.5 Å². The maximum atomic E-state index is 13.6. The van der Waals surface area contributed by atoms with Gasteiger partial charge in [0.25, 0.3) is 0 Å². The summed E-state index contributed by atoms with van der Waals surface area (Å²) in [5.41, 5.74) is -2.50. The number of ether oxygens (including phenoxy) is 1. The summed E-state index contributed by atoms with van der Waals surface area (Å²) in [5.74, 6) is -2.01. The van der Waals surface area contributed by atoms with Crippen LogP contribution in [0.4, 0.5) is 0 Å². The Hall–Kier alpha value is -2.15. The Balaban J connectivity index is 1.68. The van der Waals surface area contributed by atoms with Gasteiger partial charge in [0.15, 0.2) is 0 Å². The van der Waals surface area contributed by atoms with Crippen molar-refractivity contribution in [3.63, 3.8) is 0 Å². The zero-order valence-corrected chi connectivity index (χ0v) is 19.1. The molecule has 3 heterocycles. The van der Waals surface area contributed by atoms with Gasteiger partial charge in [-0.3, -0.25) is 14.4 Å². The zero-order valence-electron chi connectivity index (χ0n) is 19.1. The van der Waals surface area contributed by atoms with Crippen LogP contribution >= 0.6 is 0 Å². The third-order valence-corrected chi connectivity index (χ3v) is 7.10. The van der Waals surface area contributed by atoms with Crippen LogP contribution in [0.15, 0.2) is 24.8 Å². The molecule has 2 N–H and O–H groups in total. The van der Waals surface area contributed by atoms with E-state index in [-0.39, 0.29) is 30.3 Å². The normalized spacial score (nSPS) is 37.1. The molecule has 3 amide bonds. The molecule has 3 aliphatic heterocycles. The van der Waals surface area contributed by atoms with Crippen molar-refractivity contribution >= 4 is 17.7 Å². The Morgan fingerprint density at radius 1 is 1.23 bits per heavy atom. The van der Waals surface area contributed by atoms with Crippen molar-refractivity contribution in [1.29, 1.82) is 0 Å². The van der Waals surface area contributed by atoms with Gasteiger partial charge >= 0.3 is 0 Å². The van der Waals surface area contributed by atoms with Crippen LogP contribution < -0.4 is 10.6 Å². The first-order chi connectivity index (χ1) is 14.5. The molecule has 0 aromatic rings. The lowest BCUT2D eigenvalue weighted by atomic mass is 9.70. The minimum absolute atomic E-state index is 0.143. The molecule has 0 aromatic heterocycles. The molecule has 1 spiro atoms. The third-order valence-electron chi connectivity index (χ3n) is 7.10. The predicted molar refractivity (Wildman–Crippen MR) is 117 cm³/mol. The van der Waals surface area contributed by atoms with Gasteiger partial charge in [0.1, 0.15) is 11.6 Å². The number of carbonyl (C=O) groups is 3. The molecule has 170 valence electrons. The number of nitrogens with zero attached hydrogens (tertiary/aromatic N) is 1.